The van der Waals surface area contributed by atoms with E-state index in [0.717, 1.165) is 58.3 Å². The quantitative estimate of drug-likeness (QED) is 0.564. The molecule has 1 unspecified atom stereocenters. The fourth-order valence-electron chi connectivity index (χ4n) is 3.62. The second kappa shape index (κ2) is 9.94. The number of para-hydroxylation sites is 1. The third-order valence-electron chi connectivity index (χ3n) is 5.29. The van der Waals surface area contributed by atoms with Crippen LogP contribution in [0.5, 0.6) is 11.5 Å². The summed E-state index contributed by atoms with van der Waals surface area (Å²) >= 11 is 1.58. The zero-order valence-electron chi connectivity index (χ0n) is 17.8. The molecule has 0 saturated carbocycles. The first-order chi connectivity index (χ1) is 15.1. The molecule has 3 aromatic rings. The van der Waals surface area contributed by atoms with Crippen LogP contribution in [0.15, 0.2) is 48.5 Å². The van der Waals surface area contributed by atoms with E-state index in [4.69, 9.17) is 9.47 Å². The molecule has 0 aliphatic carbocycles. The van der Waals surface area contributed by atoms with Crippen LogP contribution in [-0.4, -0.2) is 48.6 Å². The summed E-state index contributed by atoms with van der Waals surface area (Å²) in [5, 5.41) is 3.81. The van der Waals surface area contributed by atoms with Crippen LogP contribution in [0.25, 0.3) is 16.3 Å². The van der Waals surface area contributed by atoms with Crippen molar-refractivity contribution < 1.29 is 14.3 Å². The van der Waals surface area contributed by atoms with E-state index in [0.29, 0.717) is 6.54 Å². The summed E-state index contributed by atoms with van der Waals surface area (Å²) in [4.78, 5) is 19.1. The van der Waals surface area contributed by atoms with Gasteiger partial charge < -0.3 is 14.8 Å². The number of benzene rings is 2. The normalized spacial score (nSPS) is 16.6. The predicted molar refractivity (Wildman–Crippen MR) is 125 cm³/mol. The molecule has 162 valence electrons. The Morgan fingerprint density at radius 2 is 2.23 bits per heavy atom. The lowest BCUT2D eigenvalue weighted by atomic mass is 10.2. The molecule has 2 heterocycles. The van der Waals surface area contributed by atoms with Gasteiger partial charge in [-0.2, -0.15) is 0 Å². The number of ether oxygens (including phenoxy) is 2. The van der Waals surface area contributed by atoms with Gasteiger partial charge in [0.05, 0.1) is 17.3 Å². The van der Waals surface area contributed by atoms with Crippen molar-refractivity contribution in [3.63, 3.8) is 0 Å². The molecule has 6 nitrogen and oxygen atoms in total. The Hall–Kier alpha value is -2.90. The Balaban J connectivity index is 1.32. The lowest BCUT2D eigenvalue weighted by Crippen LogP contribution is -2.38. The molecule has 1 amide bonds. The molecule has 0 saturated heterocycles. The number of thiazole rings is 1. The van der Waals surface area contributed by atoms with Crippen molar-refractivity contribution in [2.24, 2.45) is 0 Å². The summed E-state index contributed by atoms with van der Waals surface area (Å²) in [5.74, 6) is 1.63. The number of carbonyl (C=O) groups is 1. The minimum atomic E-state index is -0.112. The molecular formula is C24H27N3O3S. The average Bonchev–Trinajstić information content (AvgIpc) is 3.12. The maximum atomic E-state index is 12.3. The third kappa shape index (κ3) is 5.42. The van der Waals surface area contributed by atoms with Gasteiger partial charge in [0.25, 0.3) is 0 Å². The monoisotopic (exact) mass is 437 g/mol. The molecule has 31 heavy (non-hydrogen) atoms. The van der Waals surface area contributed by atoms with E-state index in [2.05, 4.69) is 22.1 Å². The molecule has 0 fully saturated rings. The smallest absolute Gasteiger partial charge is 0.244 e. The van der Waals surface area contributed by atoms with E-state index in [9.17, 15) is 4.79 Å². The molecule has 1 atom stereocenters. The number of fused-ring (bicyclic) bond motifs is 2. The molecule has 2 aromatic carbocycles. The Kier molecular flexibility index (Phi) is 6.84. The van der Waals surface area contributed by atoms with E-state index >= 15 is 0 Å². The van der Waals surface area contributed by atoms with Crippen molar-refractivity contribution in [3.05, 3.63) is 59.1 Å². The van der Waals surface area contributed by atoms with Gasteiger partial charge in [0.2, 0.25) is 5.91 Å². The Morgan fingerprint density at radius 1 is 1.35 bits per heavy atom. The van der Waals surface area contributed by atoms with Crippen LogP contribution >= 0.6 is 11.3 Å². The first-order valence-electron chi connectivity index (χ1n) is 10.5. The van der Waals surface area contributed by atoms with Crippen LogP contribution in [0.2, 0.25) is 0 Å². The second-order valence-corrected chi connectivity index (χ2v) is 8.56. The summed E-state index contributed by atoms with van der Waals surface area (Å²) in [6.45, 7) is 5.04. The second-order valence-electron chi connectivity index (χ2n) is 7.50. The minimum absolute atomic E-state index is 0.112. The van der Waals surface area contributed by atoms with Gasteiger partial charge in [-0.25, -0.2) is 4.98 Å². The Morgan fingerprint density at radius 3 is 3.03 bits per heavy atom. The van der Waals surface area contributed by atoms with Gasteiger partial charge in [-0.05, 0) is 42.8 Å². The SMILES string of the molecule is CCC1CN(CCNC(=O)/C=C/c2nc3ccccc3s2)Cc2cc(OC)ccc2O1. The van der Waals surface area contributed by atoms with Crippen molar-refractivity contribution in [2.45, 2.75) is 26.0 Å². The maximum absolute atomic E-state index is 12.3. The van der Waals surface area contributed by atoms with Crippen molar-refractivity contribution >= 4 is 33.5 Å². The van der Waals surface area contributed by atoms with Crippen molar-refractivity contribution in [1.82, 2.24) is 15.2 Å². The number of methoxy groups -OCH3 is 1. The fraction of sp³-hybridized carbons (Fsp3) is 0.333. The highest BCUT2D eigenvalue weighted by molar-refractivity contribution is 7.19. The van der Waals surface area contributed by atoms with Gasteiger partial charge in [-0.1, -0.05) is 19.1 Å². The largest absolute Gasteiger partial charge is 0.497 e. The first-order valence-corrected chi connectivity index (χ1v) is 11.3. The number of rotatable bonds is 7. The Labute approximate surface area is 186 Å². The van der Waals surface area contributed by atoms with Crippen molar-refractivity contribution in [3.8, 4) is 11.5 Å². The highest BCUT2D eigenvalue weighted by atomic mass is 32.1. The van der Waals surface area contributed by atoms with E-state index in [1.165, 1.54) is 0 Å². The summed E-state index contributed by atoms with van der Waals surface area (Å²) in [6.07, 6.45) is 4.39. The summed E-state index contributed by atoms with van der Waals surface area (Å²) in [7, 11) is 1.67. The van der Waals surface area contributed by atoms with E-state index < -0.39 is 0 Å². The number of amides is 1. The topological polar surface area (TPSA) is 63.7 Å². The summed E-state index contributed by atoms with van der Waals surface area (Å²) < 4.78 is 12.7. The van der Waals surface area contributed by atoms with Crippen molar-refractivity contribution in [2.75, 3.05) is 26.7 Å². The van der Waals surface area contributed by atoms with Gasteiger partial charge >= 0.3 is 0 Å². The number of nitrogens with one attached hydrogen (secondary N) is 1. The number of hydrogen-bond acceptors (Lipinski definition) is 6. The van der Waals surface area contributed by atoms with Gasteiger partial charge in [0.15, 0.2) is 0 Å². The molecule has 0 spiro atoms. The summed E-state index contributed by atoms with van der Waals surface area (Å²) in [6, 6.07) is 13.9. The molecule has 0 bridgehead atoms. The average molecular weight is 438 g/mol. The van der Waals surface area contributed by atoms with Gasteiger partial charge in [0.1, 0.15) is 22.6 Å². The lowest BCUT2D eigenvalue weighted by molar-refractivity contribution is -0.116. The molecule has 4 rings (SSSR count). The number of aromatic nitrogens is 1. The molecule has 1 aromatic heterocycles. The molecule has 1 aliphatic rings. The van der Waals surface area contributed by atoms with Crippen LogP contribution in [0.4, 0.5) is 0 Å². The number of nitrogens with zero attached hydrogens (tertiary/aromatic N) is 2. The minimum Gasteiger partial charge on any atom is -0.497 e. The van der Waals surface area contributed by atoms with E-state index in [1.54, 1.807) is 30.6 Å². The van der Waals surface area contributed by atoms with Crippen LogP contribution in [-0.2, 0) is 11.3 Å². The van der Waals surface area contributed by atoms with E-state index in [1.807, 2.05) is 42.5 Å². The number of hydrogen-bond donors (Lipinski definition) is 1. The van der Waals surface area contributed by atoms with Gasteiger partial charge in [-0.3, -0.25) is 9.69 Å². The summed E-state index contributed by atoms with van der Waals surface area (Å²) in [5.41, 5.74) is 2.07. The first kappa shape index (κ1) is 21.3. The van der Waals surface area contributed by atoms with Gasteiger partial charge in [0, 0.05) is 37.8 Å². The number of carbonyl (C=O) groups excluding carboxylic acids is 1. The molecule has 1 N–H and O–H groups in total. The Bertz CT molecular complexity index is 1050. The van der Waals surface area contributed by atoms with Gasteiger partial charge in [-0.15, -0.1) is 11.3 Å². The third-order valence-corrected chi connectivity index (χ3v) is 6.29. The lowest BCUT2D eigenvalue weighted by Gasteiger charge is -2.23. The molecule has 0 radical (unpaired) electrons. The maximum Gasteiger partial charge on any atom is 0.244 e. The predicted octanol–water partition coefficient (Wildman–Crippen LogP) is 4.11. The van der Waals surface area contributed by atoms with Crippen LogP contribution < -0.4 is 14.8 Å². The molecular weight excluding hydrogens is 410 g/mol. The standard InChI is InChI=1S/C24H27N3O3S/c1-3-18-16-27(15-17-14-19(29-2)8-9-21(17)30-18)13-12-25-23(28)10-11-24-26-20-6-4-5-7-22(20)31-24/h4-11,14,18H,3,12-13,15-16H2,1-2H3,(H,25,28)/b11-10+. The highest BCUT2D eigenvalue weighted by Crippen LogP contribution is 2.29. The molecule has 7 heteroatoms. The van der Waals surface area contributed by atoms with Crippen LogP contribution in [0.1, 0.15) is 23.9 Å². The zero-order chi connectivity index (χ0) is 21.6. The molecule has 1 aliphatic heterocycles. The fourth-order valence-corrected chi connectivity index (χ4v) is 4.49. The highest BCUT2D eigenvalue weighted by Gasteiger charge is 2.22. The zero-order valence-corrected chi connectivity index (χ0v) is 18.7. The van der Waals surface area contributed by atoms with Crippen LogP contribution in [0.3, 0.4) is 0 Å². The van der Waals surface area contributed by atoms with E-state index in [-0.39, 0.29) is 12.0 Å². The van der Waals surface area contributed by atoms with Crippen LogP contribution in [0, 0.1) is 0 Å². The van der Waals surface area contributed by atoms with Crippen molar-refractivity contribution in [1.29, 1.82) is 0 Å².